The minimum absolute atomic E-state index is 0. The number of carboxylic acids is 3. The molecule has 0 amide bonds. The van der Waals surface area contributed by atoms with Crippen LogP contribution in [0.1, 0.15) is 31.1 Å². The topological polar surface area (TPSA) is 120 Å². The summed E-state index contributed by atoms with van der Waals surface area (Å²) in [7, 11) is 0. The van der Waals surface area contributed by atoms with Gasteiger partial charge in [0, 0.05) is 16.7 Å². The molecule has 0 spiro atoms. The molecule has 0 aliphatic carbocycles. The van der Waals surface area contributed by atoms with Gasteiger partial charge >= 0.3 is 154 Å². The van der Waals surface area contributed by atoms with E-state index in [1.165, 1.54) is 24.3 Å². The second kappa shape index (κ2) is 11.6. The van der Waals surface area contributed by atoms with E-state index in [-0.39, 0.29) is 170 Å². The van der Waals surface area contributed by atoms with Gasteiger partial charge in [0.05, 0.1) is 17.9 Å². The van der Waals surface area contributed by atoms with Crippen LogP contribution in [0, 0.1) is 0 Å². The molecule has 2 aromatic carbocycles. The summed E-state index contributed by atoms with van der Waals surface area (Å²) in [5.41, 5.74) is -1.41. The van der Waals surface area contributed by atoms with Crippen LogP contribution in [0.25, 0.3) is 10.8 Å². The van der Waals surface area contributed by atoms with E-state index >= 15 is 0 Å². The van der Waals surface area contributed by atoms with Crippen molar-refractivity contribution >= 4 is 28.7 Å². The van der Waals surface area contributed by atoms with Crippen molar-refractivity contribution in [1.82, 2.24) is 0 Å². The van der Waals surface area contributed by atoms with Crippen LogP contribution in [0.3, 0.4) is 0 Å². The van der Waals surface area contributed by atoms with E-state index in [1.54, 1.807) is 0 Å². The van der Waals surface area contributed by atoms with Crippen molar-refractivity contribution in [2.45, 2.75) is 0 Å². The summed E-state index contributed by atoms with van der Waals surface area (Å²) >= 11 is 0. The van der Waals surface area contributed by atoms with E-state index in [4.69, 9.17) is 0 Å². The molecule has 96 valence electrons. The number of carboxylic acid groups (broad SMARTS) is 3. The first-order valence-corrected chi connectivity index (χ1v) is 5.13. The van der Waals surface area contributed by atoms with Crippen LogP contribution in [0.5, 0.6) is 0 Å². The summed E-state index contributed by atoms with van der Waals surface area (Å²) < 4.78 is 0. The Morgan fingerprint density at radius 2 is 1.18 bits per heavy atom. The smallest absolute Gasteiger partial charge is 0.545 e. The van der Waals surface area contributed by atoms with Crippen LogP contribution in [-0.2, 0) is 0 Å². The summed E-state index contributed by atoms with van der Waals surface area (Å²) in [5.74, 6) is -4.89. The number of hydrogen-bond acceptors (Lipinski definition) is 6. The van der Waals surface area contributed by atoms with E-state index in [0.29, 0.717) is 0 Å². The molecule has 0 radical (unpaired) electrons. The van der Waals surface area contributed by atoms with Crippen LogP contribution >= 0.6 is 0 Å². The summed E-state index contributed by atoms with van der Waals surface area (Å²) in [4.78, 5) is 32.8. The third-order valence-corrected chi connectivity index (χ3v) is 2.71. The third-order valence-electron chi connectivity index (χ3n) is 2.71. The number of rotatable bonds is 3. The molecule has 2 rings (SSSR count). The molecular weight excluding hydrogens is 369 g/mol. The molecule has 0 saturated heterocycles. The Bertz CT molecular complexity index is 729. The SMILES string of the molecule is O=C([O-])c1ccc2c(C(=O)[O-])cccc2c1C(=O)[O-].[K+].[K+].[K+]. The molecule has 0 aliphatic heterocycles. The second-order valence-corrected chi connectivity index (χ2v) is 3.75. The molecule has 0 atom stereocenters. The van der Waals surface area contributed by atoms with Gasteiger partial charge in [-0.15, -0.1) is 0 Å². The maximum absolute atomic E-state index is 11.1. The van der Waals surface area contributed by atoms with Gasteiger partial charge in [-0.3, -0.25) is 0 Å². The number of carbonyl (C=O) groups is 3. The summed E-state index contributed by atoms with van der Waals surface area (Å²) in [5, 5.41) is 32.8. The van der Waals surface area contributed by atoms with Crippen LogP contribution in [0.4, 0.5) is 0 Å². The zero-order valence-corrected chi connectivity index (χ0v) is 21.7. The summed E-state index contributed by atoms with van der Waals surface area (Å²) in [6.07, 6.45) is 0. The van der Waals surface area contributed by atoms with Gasteiger partial charge in [-0.05, 0) is 10.8 Å². The van der Waals surface area contributed by atoms with E-state index in [0.717, 1.165) is 6.07 Å². The fourth-order valence-corrected chi connectivity index (χ4v) is 1.93. The molecule has 6 nitrogen and oxygen atoms in total. The molecule has 0 fully saturated rings. The molecule has 0 saturated carbocycles. The monoisotopic (exact) mass is 374 g/mol. The van der Waals surface area contributed by atoms with E-state index in [2.05, 4.69) is 0 Å². The van der Waals surface area contributed by atoms with Crippen LogP contribution < -0.4 is 169 Å². The first-order valence-electron chi connectivity index (χ1n) is 5.13. The number of benzene rings is 2. The van der Waals surface area contributed by atoms with Gasteiger partial charge in [0.2, 0.25) is 0 Å². The Hall–Kier alpha value is 2.02. The van der Waals surface area contributed by atoms with Crippen LogP contribution in [0.15, 0.2) is 30.3 Å². The Balaban J connectivity index is 0. The fourth-order valence-electron chi connectivity index (χ4n) is 1.93. The predicted octanol–water partition coefficient (Wildman–Crippen LogP) is -11.1. The molecule has 0 N–H and O–H groups in total. The van der Waals surface area contributed by atoms with Gasteiger partial charge in [-0.2, -0.15) is 0 Å². The Morgan fingerprint density at radius 1 is 0.636 bits per heavy atom. The molecule has 0 aromatic heterocycles. The van der Waals surface area contributed by atoms with Gasteiger partial charge in [0.15, 0.2) is 0 Å². The molecule has 0 bridgehead atoms. The Kier molecular flexibility index (Phi) is 13.8. The first kappa shape index (κ1) is 26.3. The largest absolute Gasteiger partial charge is 1.00 e. The molecule has 0 aliphatic rings. The molecule has 2 aromatic rings. The quantitative estimate of drug-likeness (QED) is 0.492. The van der Waals surface area contributed by atoms with Crippen molar-refractivity contribution in [1.29, 1.82) is 0 Å². The third kappa shape index (κ3) is 5.78. The van der Waals surface area contributed by atoms with Gasteiger partial charge < -0.3 is 29.7 Å². The van der Waals surface area contributed by atoms with E-state index in [9.17, 15) is 29.7 Å². The van der Waals surface area contributed by atoms with Crippen LogP contribution in [-0.4, -0.2) is 17.9 Å². The van der Waals surface area contributed by atoms with Gasteiger partial charge in [-0.25, -0.2) is 0 Å². The fraction of sp³-hybridized carbons (Fsp3) is 0. The zero-order valence-electron chi connectivity index (χ0n) is 12.3. The number of fused-ring (bicyclic) bond motifs is 1. The Morgan fingerprint density at radius 3 is 1.64 bits per heavy atom. The zero-order chi connectivity index (χ0) is 14.2. The standard InChI is InChI=1S/C13H8O6.3K/c14-11(15)8-3-1-2-7-6(8)4-5-9(12(16)17)10(7)13(18)19;;;/h1-5H,(H,14,15)(H,16,17)(H,18,19);;;/q;3*+1/p-3. The van der Waals surface area contributed by atoms with Crippen molar-refractivity contribution in [3.8, 4) is 0 Å². The normalized spacial score (nSPS) is 8.91. The van der Waals surface area contributed by atoms with Crippen LogP contribution in [0.2, 0.25) is 0 Å². The van der Waals surface area contributed by atoms with Crippen molar-refractivity contribution in [2.24, 2.45) is 0 Å². The minimum atomic E-state index is -1.72. The second-order valence-electron chi connectivity index (χ2n) is 3.75. The minimum Gasteiger partial charge on any atom is -0.545 e. The average Bonchev–Trinajstić information content (AvgIpc) is 2.35. The van der Waals surface area contributed by atoms with Crippen molar-refractivity contribution in [3.05, 3.63) is 47.0 Å². The first-order chi connectivity index (χ1) is 8.93. The van der Waals surface area contributed by atoms with Crippen molar-refractivity contribution < 1.29 is 184 Å². The molecule has 0 unspecified atom stereocenters. The summed E-state index contributed by atoms with van der Waals surface area (Å²) in [6.45, 7) is 0. The number of carbonyl (C=O) groups excluding carboxylic acids is 3. The van der Waals surface area contributed by atoms with Gasteiger partial charge in [0.25, 0.3) is 0 Å². The average molecular weight is 374 g/mol. The number of hydrogen-bond donors (Lipinski definition) is 0. The number of aromatic carboxylic acids is 3. The summed E-state index contributed by atoms with van der Waals surface area (Å²) in [6, 6.07) is 5.97. The van der Waals surface area contributed by atoms with E-state index in [1.807, 2.05) is 0 Å². The van der Waals surface area contributed by atoms with Gasteiger partial charge in [-0.1, -0.05) is 30.3 Å². The Labute approximate surface area is 253 Å². The molecule has 9 heteroatoms. The maximum Gasteiger partial charge on any atom is 1.00 e. The maximum atomic E-state index is 11.1. The predicted molar refractivity (Wildman–Crippen MR) is 56.9 cm³/mol. The van der Waals surface area contributed by atoms with E-state index < -0.39 is 29.0 Å². The van der Waals surface area contributed by atoms with Gasteiger partial charge in [0.1, 0.15) is 0 Å². The molecule has 22 heavy (non-hydrogen) atoms. The van der Waals surface area contributed by atoms with Crippen molar-refractivity contribution in [2.75, 3.05) is 0 Å². The van der Waals surface area contributed by atoms with Crippen molar-refractivity contribution in [3.63, 3.8) is 0 Å². The molecule has 0 heterocycles. The molecular formula is C13H5K3O6.